The van der Waals surface area contributed by atoms with Crippen LogP contribution in [0.5, 0.6) is 0 Å². The molecule has 3 fully saturated rings. The van der Waals surface area contributed by atoms with Gasteiger partial charge in [-0.25, -0.2) is 13.8 Å². The van der Waals surface area contributed by atoms with E-state index >= 15 is 0 Å². The lowest BCUT2D eigenvalue weighted by molar-refractivity contribution is -0.230. The van der Waals surface area contributed by atoms with Gasteiger partial charge in [-0.05, 0) is 25.8 Å². The fourth-order valence-corrected chi connectivity index (χ4v) is 9.31. The Hall–Kier alpha value is -4.42. The number of hydrogen-bond acceptors (Lipinski definition) is 20. The van der Waals surface area contributed by atoms with E-state index in [0.29, 0.717) is 15.9 Å². The van der Waals surface area contributed by atoms with Crippen molar-refractivity contribution in [3.05, 3.63) is 33.1 Å². The van der Waals surface area contributed by atoms with Crippen LogP contribution in [0.2, 0.25) is 0 Å². The number of esters is 2. The van der Waals surface area contributed by atoms with Gasteiger partial charge in [0.25, 0.3) is 5.56 Å². The van der Waals surface area contributed by atoms with Crippen LogP contribution in [0.25, 0.3) is 0 Å². The maximum atomic E-state index is 14.6. The molecule has 0 aromatic carbocycles. The molecule has 3 aliphatic rings. The fraction of sp³-hybridized carbons (Fsp3) is 0.786. The van der Waals surface area contributed by atoms with Crippen molar-refractivity contribution >= 4 is 40.2 Å². The van der Waals surface area contributed by atoms with Crippen molar-refractivity contribution in [3.8, 4) is 0 Å². The number of amides is 1. The van der Waals surface area contributed by atoms with E-state index in [1.54, 1.807) is 6.92 Å². The minimum absolute atomic E-state index is 0.212. The number of carboxylic acid groups (broad SMARTS) is 2. The zero-order valence-electron chi connectivity index (χ0n) is 39.0. The largest absolute Gasteiger partial charge is 0.481 e. The number of hydrogen-bond donors (Lipinski definition) is 8. The van der Waals surface area contributed by atoms with Gasteiger partial charge in [0.05, 0.1) is 6.42 Å². The number of carbonyl (C=O) groups is 5. The topological polar surface area (TPSA) is 384 Å². The van der Waals surface area contributed by atoms with Gasteiger partial charge in [-0.2, -0.15) is 8.42 Å². The number of unbranched alkanes of at least 4 members (excludes halogenated alkanes) is 8. The van der Waals surface area contributed by atoms with Gasteiger partial charge in [0.15, 0.2) is 24.7 Å². The number of nitrogens with one attached hydrogen (secondary N) is 1. The van der Waals surface area contributed by atoms with E-state index in [0.717, 1.165) is 75.6 Å². The van der Waals surface area contributed by atoms with E-state index in [1.165, 1.54) is 7.05 Å². The number of H-pyrrole nitrogens is 1. The Balaban J connectivity index is 1.65. The van der Waals surface area contributed by atoms with Crippen LogP contribution in [-0.4, -0.2) is 188 Å². The van der Waals surface area contributed by atoms with Crippen LogP contribution >= 0.6 is 0 Å². The summed E-state index contributed by atoms with van der Waals surface area (Å²) >= 11 is 0. The van der Waals surface area contributed by atoms with Crippen molar-refractivity contribution < 1.29 is 90.3 Å². The number of ether oxygens (including phenoxy) is 5. The second-order valence-electron chi connectivity index (χ2n) is 17.8. The molecular weight excluding hydrogens is 943 g/mol. The molecule has 1 aromatic rings. The number of nitrogens with zero attached hydrogens (tertiary/aromatic N) is 3. The fourth-order valence-electron chi connectivity index (χ4n) is 8.83. The normalized spacial score (nSPS) is 29.0. The molecule has 69 heavy (non-hydrogen) atoms. The average molecular weight is 1010 g/mol. The molecule has 27 heteroatoms. The maximum Gasteiger partial charge on any atom is 0.397 e. The number of likely N-dealkylation sites (N-methyl/N-ethyl adjacent to an activating group) is 2. The van der Waals surface area contributed by atoms with Crippen molar-refractivity contribution in [1.29, 1.82) is 0 Å². The summed E-state index contributed by atoms with van der Waals surface area (Å²) in [5, 5.41) is 53.4. The molecule has 0 spiro atoms. The van der Waals surface area contributed by atoms with Crippen LogP contribution < -0.4 is 17.0 Å². The van der Waals surface area contributed by atoms with Crippen molar-refractivity contribution in [2.45, 2.75) is 177 Å². The van der Waals surface area contributed by atoms with Gasteiger partial charge in [0.1, 0.15) is 54.9 Å². The lowest BCUT2D eigenvalue weighted by Gasteiger charge is -2.38. The van der Waals surface area contributed by atoms with E-state index in [2.05, 4.69) is 11.1 Å². The summed E-state index contributed by atoms with van der Waals surface area (Å²) in [5.74, 6) is -6.27. The quantitative estimate of drug-likeness (QED) is 0.0286. The number of aliphatic hydroxyl groups is 3. The highest BCUT2D eigenvalue weighted by atomic mass is 32.3. The average Bonchev–Trinajstić information content (AvgIpc) is 3.67. The second-order valence-corrected chi connectivity index (χ2v) is 18.9. The summed E-state index contributed by atoms with van der Waals surface area (Å²) < 4.78 is 67.9. The smallest absolute Gasteiger partial charge is 0.397 e. The highest BCUT2D eigenvalue weighted by molar-refractivity contribution is 7.80. The Morgan fingerprint density at radius 3 is 2.12 bits per heavy atom. The molecule has 0 radical (unpaired) electrons. The Kier molecular flexibility index (Phi) is 21.7. The Bertz CT molecular complexity index is 2120. The van der Waals surface area contributed by atoms with Crippen molar-refractivity contribution in [2.24, 2.45) is 11.7 Å². The molecule has 3 saturated heterocycles. The molecule has 1 aromatic heterocycles. The molecule has 0 unspecified atom stereocenters. The first kappa shape index (κ1) is 57.2. The first-order chi connectivity index (χ1) is 32.5. The molecule has 4 heterocycles. The summed E-state index contributed by atoms with van der Waals surface area (Å²) in [6.45, 7) is 2.61. The number of aliphatic carboxylic acids is 2. The van der Waals surface area contributed by atoms with Crippen molar-refractivity contribution in [3.63, 3.8) is 0 Å². The van der Waals surface area contributed by atoms with Crippen LogP contribution in [-0.2, 0) is 62.2 Å². The molecule has 0 saturated carbocycles. The lowest BCUT2D eigenvalue weighted by Crippen LogP contribution is -2.60. The van der Waals surface area contributed by atoms with Crippen LogP contribution in [0.1, 0.15) is 104 Å². The van der Waals surface area contributed by atoms with Crippen LogP contribution in [0.3, 0.4) is 0 Å². The predicted octanol–water partition coefficient (Wildman–Crippen LogP) is -1.37. The first-order valence-electron chi connectivity index (χ1n) is 23.0. The summed E-state index contributed by atoms with van der Waals surface area (Å²) in [6, 6.07) is -2.88. The molecular formula is C42H67N5O21S. The molecule has 4 rings (SSSR count). The van der Waals surface area contributed by atoms with Gasteiger partial charge >= 0.3 is 40.0 Å². The van der Waals surface area contributed by atoms with Crippen LogP contribution in [0.15, 0.2) is 21.9 Å². The molecule has 14 atom stereocenters. The summed E-state index contributed by atoms with van der Waals surface area (Å²) in [5.41, 5.74) is 3.79. The summed E-state index contributed by atoms with van der Waals surface area (Å²) in [7, 11) is -3.06. The molecule has 0 aliphatic carbocycles. The molecule has 9 N–H and O–H groups in total. The van der Waals surface area contributed by atoms with Gasteiger partial charge in [-0.3, -0.25) is 43.0 Å². The maximum absolute atomic E-state index is 14.6. The van der Waals surface area contributed by atoms with Gasteiger partial charge < -0.3 is 59.9 Å². The van der Waals surface area contributed by atoms with E-state index in [-0.39, 0.29) is 19.3 Å². The number of aromatic amines is 1. The molecule has 392 valence electrons. The molecule has 26 nitrogen and oxygen atoms in total. The minimum Gasteiger partial charge on any atom is -0.481 e. The van der Waals surface area contributed by atoms with E-state index < -0.39 is 156 Å². The third-order valence-corrected chi connectivity index (χ3v) is 12.8. The van der Waals surface area contributed by atoms with Gasteiger partial charge in [-0.1, -0.05) is 65.2 Å². The monoisotopic (exact) mass is 1010 g/mol. The lowest BCUT2D eigenvalue weighted by atomic mass is 9.97. The predicted molar refractivity (Wildman–Crippen MR) is 235 cm³/mol. The standard InChI is InChI=1S/C42H67N5O21S/c1-5-6-7-8-9-10-11-12-13-14-23(63-28(51)18-22(2)17-27(49)50)19-29(52)64-25-21-45(3)31(38(56)46(4)30(25)40(57)58)35(67-41-37(68-69(60,61)62)32(53)24(20-43)65-41)36-33(54)34(55)39(66-36)47-16-15-26(48)44-42(47)59/h15-16,22-25,30-37,39,41,53-55H,5-14,17-21,43H2,1-4H3,(H,49,50)(H,57,58)(H,44,48,59)(H,60,61,62)/t22-,23+,24+,25+,30+,31+,32+,33-,34-,35+,36+,37-,39-,41+/m0/s1. The number of aromatic nitrogens is 2. The summed E-state index contributed by atoms with van der Waals surface area (Å²) in [4.78, 5) is 94.1. The van der Waals surface area contributed by atoms with E-state index in [1.807, 2.05) is 4.98 Å². The Morgan fingerprint density at radius 2 is 1.54 bits per heavy atom. The van der Waals surface area contributed by atoms with Gasteiger partial charge in [0.2, 0.25) is 5.91 Å². The van der Waals surface area contributed by atoms with Crippen LogP contribution in [0.4, 0.5) is 0 Å². The number of rotatable bonds is 27. The second kappa shape index (κ2) is 26.1. The molecule has 0 bridgehead atoms. The number of carbonyl (C=O) groups excluding carboxylic acids is 3. The zero-order chi connectivity index (χ0) is 51.3. The zero-order valence-corrected chi connectivity index (χ0v) is 39.8. The van der Waals surface area contributed by atoms with Crippen LogP contribution in [0, 0.1) is 5.92 Å². The first-order valence-corrected chi connectivity index (χ1v) is 24.3. The molecule has 1 amide bonds. The summed E-state index contributed by atoms with van der Waals surface area (Å²) in [6.07, 6.45) is -11.3. The third-order valence-electron chi connectivity index (χ3n) is 12.3. The van der Waals surface area contributed by atoms with Gasteiger partial charge in [0, 0.05) is 45.2 Å². The van der Waals surface area contributed by atoms with E-state index in [4.69, 9.17) is 29.4 Å². The SMILES string of the molecule is CCCCCCCCCCC[C@H](CC(=O)O[C@@H]1CN(C)[C@H]([C@@H](O[C@H]2O[C@H](CN)[C@@H](O)[C@@H]2OS(=O)(=O)O)[C@@H]2O[C@H](n3ccc(=O)[nH]c3=O)[C@@H](O)[C@@H]2O)C(=O)N(C)[C@H]1C(=O)O)OC(=O)C[C@@H](C)CC(=O)O. The third kappa shape index (κ3) is 16.0. The number of aliphatic hydroxyl groups excluding tert-OH is 3. The van der Waals surface area contributed by atoms with Gasteiger partial charge in [-0.15, -0.1) is 0 Å². The van der Waals surface area contributed by atoms with E-state index in [9.17, 15) is 72.1 Å². The number of nitrogens with two attached hydrogens (primary N) is 1. The Labute approximate surface area is 397 Å². The van der Waals surface area contributed by atoms with Crippen molar-refractivity contribution in [1.82, 2.24) is 19.4 Å². The Morgan fingerprint density at radius 1 is 0.899 bits per heavy atom. The highest BCUT2D eigenvalue weighted by Gasteiger charge is 2.58. The molecule has 3 aliphatic heterocycles. The minimum atomic E-state index is -5.36. The number of carboxylic acids is 2. The highest BCUT2D eigenvalue weighted by Crippen LogP contribution is 2.37. The van der Waals surface area contributed by atoms with Crippen molar-refractivity contribution in [2.75, 3.05) is 27.2 Å².